The van der Waals surface area contributed by atoms with Gasteiger partial charge in [0.2, 0.25) is 0 Å². The lowest BCUT2D eigenvalue weighted by Gasteiger charge is -2.06. The Morgan fingerprint density at radius 3 is 2.73 bits per heavy atom. The fourth-order valence-electron chi connectivity index (χ4n) is 1.59. The lowest BCUT2D eigenvalue weighted by molar-refractivity contribution is -0.119. The first-order valence-corrected chi connectivity index (χ1v) is 7.33. The van der Waals surface area contributed by atoms with Crippen molar-refractivity contribution in [3.63, 3.8) is 0 Å². The molecule has 0 atom stereocenters. The molecule has 0 saturated heterocycles. The summed E-state index contributed by atoms with van der Waals surface area (Å²) in [6.45, 7) is -0.485. The molecule has 2 amide bonds. The Kier molecular flexibility index (Phi) is 5.13. The van der Waals surface area contributed by atoms with Crippen LogP contribution in [-0.4, -0.2) is 24.4 Å². The zero-order valence-electron chi connectivity index (χ0n) is 11.2. The summed E-state index contributed by atoms with van der Waals surface area (Å²) >= 11 is 6.91. The van der Waals surface area contributed by atoms with E-state index in [1.54, 1.807) is 17.5 Å². The quantitative estimate of drug-likeness (QED) is 0.817. The molecule has 2 aromatic rings. The third kappa shape index (κ3) is 4.06. The van der Waals surface area contributed by atoms with E-state index in [9.17, 15) is 14.4 Å². The van der Waals surface area contributed by atoms with Gasteiger partial charge in [0.15, 0.2) is 6.61 Å². The molecule has 0 spiro atoms. The second-order valence-corrected chi connectivity index (χ2v) is 5.51. The summed E-state index contributed by atoms with van der Waals surface area (Å²) in [5.41, 5.74) is 5.62. The maximum absolute atomic E-state index is 11.7. The van der Waals surface area contributed by atoms with Crippen LogP contribution in [0.1, 0.15) is 20.7 Å². The summed E-state index contributed by atoms with van der Waals surface area (Å²) in [6.07, 6.45) is 0. The van der Waals surface area contributed by atoms with E-state index in [2.05, 4.69) is 5.32 Å². The number of nitrogens with one attached hydrogen (secondary N) is 1. The molecular weight excluding hydrogens is 328 g/mol. The molecule has 1 aromatic carbocycles. The van der Waals surface area contributed by atoms with E-state index >= 15 is 0 Å². The normalized spacial score (nSPS) is 10.0. The second-order valence-electron chi connectivity index (χ2n) is 4.16. The number of esters is 1. The number of amides is 2. The Balaban J connectivity index is 1.91. The van der Waals surface area contributed by atoms with Crippen molar-refractivity contribution in [3.8, 4) is 0 Å². The van der Waals surface area contributed by atoms with Gasteiger partial charge < -0.3 is 15.8 Å². The molecule has 0 unspecified atom stereocenters. The van der Waals surface area contributed by atoms with Crippen LogP contribution in [0, 0.1) is 0 Å². The summed E-state index contributed by atoms with van der Waals surface area (Å²) < 4.78 is 4.87. The van der Waals surface area contributed by atoms with E-state index in [4.69, 9.17) is 22.1 Å². The molecule has 0 bridgehead atoms. The van der Waals surface area contributed by atoms with Crippen molar-refractivity contribution in [1.82, 2.24) is 0 Å². The summed E-state index contributed by atoms with van der Waals surface area (Å²) in [5, 5.41) is 4.79. The largest absolute Gasteiger partial charge is 0.452 e. The highest BCUT2D eigenvalue weighted by molar-refractivity contribution is 7.14. The summed E-state index contributed by atoms with van der Waals surface area (Å²) in [4.78, 5) is 34.6. The van der Waals surface area contributed by atoms with Gasteiger partial charge in [-0.25, -0.2) is 4.79 Å². The first kappa shape index (κ1) is 16.0. The first-order chi connectivity index (χ1) is 10.5. The van der Waals surface area contributed by atoms with Crippen LogP contribution in [-0.2, 0) is 9.53 Å². The van der Waals surface area contributed by atoms with Crippen LogP contribution >= 0.6 is 22.9 Å². The van der Waals surface area contributed by atoms with Crippen molar-refractivity contribution in [2.75, 3.05) is 11.9 Å². The highest BCUT2D eigenvalue weighted by Gasteiger charge is 2.14. The predicted octanol–water partition coefficient (Wildman–Crippen LogP) is 2.30. The maximum atomic E-state index is 11.7. The molecular formula is C14H11ClN2O4S. The minimum Gasteiger partial charge on any atom is -0.452 e. The van der Waals surface area contributed by atoms with Gasteiger partial charge in [-0.05, 0) is 29.6 Å². The monoisotopic (exact) mass is 338 g/mol. The van der Waals surface area contributed by atoms with Gasteiger partial charge in [0.05, 0.1) is 11.1 Å². The van der Waals surface area contributed by atoms with Gasteiger partial charge in [-0.1, -0.05) is 17.7 Å². The molecule has 114 valence electrons. The van der Waals surface area contributed by atoms with E-state index in [-0.39, 0.29) is 11.1 Å². The van der Waals surface area contributed by atoms with E-state index in [1.165, 1.54) is 18.2 Å². The fourth-order valence-corrected chi connectivity index (χ4v) is 2.59. The van der Waals surface area contributed by atoms with Crippen LogP contribution in [0.15, 0.2) is 35.7 Å². The van der Waals surface area contributed by atoms with Gasteiger partial charge in [0, 0.05) is 5.02 Å². The predicted molar refractivity (Wildman–Crippen MR) is 83.2 cm³/mol. The smallest absolute Gasteiger partial charge is 0.338 e. The number of carbonyl (C=O) groups excluding carboxylic acids is 3. The standard InChI is InChI=1S/C14H11ClN2O4S/c15-9-3-1-2-8(6-9)14(20)21-7-11(18)17-13-10(12(16)19)4-5-22-13/h1-6H,7H2,(H2,16,19)(H,17,18). The molecule has 0 fully saturated rings. The van der Waals surface area contributed by atoms with Crippen LogP contribution in [0.2, 0.25) is 5.02 Å². The molecule has 3 N–H and O–H groups in total. The SMILES string of the molecule is NC(=O)c1ccsc1NC(=O)COC(=O)c1cccc(Cl)c1. The van der Waals surface area contributed by atoms with Crippen LogP contribution in [0.3, 0.4) is 0 Å². The number of nitrogens with two attached hydrogens (primary N) is 1. The average Bonchev–Trinajstić information content (AvgIpc) is 2.93. The van der Waals surface area contributed by atoms with Gasteiger partial charge >= 0.3 is 5.97 Å². The third-order valence-electron chi connectivity index (χ3n) is 2.58. The summed E-state index contributed by atoms with van der Waals surface area (Å²) in [5.74, 6) is -1.88. The fraction of sp³-hybridized carbons (Fsp3) is 0.0714. The average molecular weight is 339 g/mol. The van der Waals surface area contributed by atoms with Gasteiger partial charge in [-0.15, -0.1) is 11.3 Å². The highest BCUT2D eigenvalue weighted by atomic mass is 35.5. The molecule has 1 heterocycles. The molecule has 2 rings (SSSR count). The third-order valence-corrected chi connectivity index (χ3v) is 3.64. The number of anilines is 1. The number of ether oxygens (including phenoxy) is 1. The molecule has 1 aromatic heterocycles. The Morgan fingerprint density at radius 1 is 1.27 bits per heavy atom. The zero-order valence-corrected chi connectivity index (χ0v) is 12.7. The Bertz CT molecular complexity index is 729. The number of rotatable bonds is 5. The Labute approximate surface area is 134 Å². The van der Waals surface area contributed by atoms with Crippen molar-refractivity contribution in [2.24, 2.45) is 5.73 Å². The topological polar surface area (TPSA) is 98.5 Å². The van der Waals surface area contributed by atoms with Gasteiger partial charge in [0.1, 0.15) is 5.00 Å². The number of primary amides is 1. The number of thiophene rings is 1. The minimum atomic E-state index is -0.668. The van der Waals surface area contributed by atoms with Crippen molar-refractivity contribution >= 4 is 45.7 Å². The zero-order chi connectivity index (χ0) is 16.1. The van der Waals surface area contributed by atoms with E-state index in [0.717, 1.165) is 11.3 Å². The minimum absolute atomic E-state index is 0.208. The second kappa shape index (κ2) is 7.06. The van der Waals surface area contributed by atoms with Crippen molar-refractivity contribution in [1.29, 1.82) is 0 Å². The van der Waals surface area contributed by atoms with Crippen molar-refractivity contribution in [2.45, 2.75) is 0 Å². The molecule has 22 heavy (non-hydrogen) atoms. The van der Waals surface area contributed by atoms with E-state index < -0.39 is 24.4 Å². The van der Waals surface area contributed by atoms with Crippen molar-refractivity contribution < 1.29 is 19.1 Å². The van der Waals surface area contributed by atoms with Crippen LogP contribution in [0.5, 0.6) is 0 Å². The first-order valence-electron chi connectivity index (χ1n) is 6.07. The molecule has 0 radical (unpaired) electrons. The van der Waals surface area contributed by atoms with Gasteiger partial charge in [-0.2, -0.15) is 0 Å². The molecule has 0 aliphatic heterocycles. The number of halogens is 1. The van der Waals surface area contributed by atoms with E-state index in [1.807, 2.05) is 0 Å². The molecule has 0 saturated carbocycles. The Hall–Kier alpha value is -2.38. The number of hydrogen-bond acceptors (Lipinski definition) is 5. The van der Waals surface area contributed by atoms with Gasteiger partial charge in [0.25, 0.3) is 11.8 Å². The van der Waals surface area contributed by atoms with Gasteiger partial charge in [-0.3, -0.25) is 9.59 Å². The van der Waals surface area contributed by atoms with Crippen molar-refractivity contribution in [3.05, 3.63) is 51.9 Å². The lowest BCUT2D eigenvalue weighted by atomic mass is 10.2. The molecule has 0 aliphatic rings. The molecule has 6 nitrogen and oxygen atoms in total. The lowest BCUT2D eigenvalue weighted by Crippen LogP contribution is -2.22. The van der Waals surface area contributed by atoms with E-state index in [0.29, 0.717) is 10.0 Å². The maximum Gasteiger partial charge on any atom is 0.338 e. The Morgan fingerprint density at radius 2 is 2.05 bits per heavy atom. The van der Waals surface area contributed by atoms with Crippen LogP contribution in [0.4, 0.5) is 5.00 Å². The van der Waals surface area contributed by atoms with Crippen LogP contribution in [0.25, 0.3) is 0 Å². The summed E-state index contributed by atoms with van der Waals surface area (Å²) in [6, 6.07) is 7.68. The number of carbonyl (C=O) groups is 3. The highest BCUT2D eigenvalue weighted by Crippen LogP contribution is 2.22. The summed E-state index contributed by atoms with van der Waals surface area (Å²) in [7, 11) is 0. The molecule has 0 aliphatic carbocycles. The number of benzene rings is 1. The number of hydrogen-bond donors (Lipinski definition) is 2. The van der Waals surface area contributed by atoms with Crippen LogP contribution < -0.4 is 11.1 Å². The molecule has 8 heteroatoms.